The van der Waals surface area contributed by atoms with E-state index < -0.39 is 57.9 Å². The van der Waals surface area contributed by atoms with Crippen LogP contribution in [0.15, 0.2) is 60.8 Å². The lowest BCUT2D eigenvalue weighted by molar-refractivity contribution is -0.161. The van der Waals surface area contributed by atoms with E-state index in [1.807, 2.05) is 42.5 Å². The lowest BCUT2D eigenvalue weighted by Crippen LogP contribution is -2.29. The number of carbonyl (C=O) groups is 2. The first kappa shape index (κ1) is 48.6. The largest absolute Gasteiger partial charge is 0.472 e. The average molecular weight is 743 g/mol. The van der Waals surface area contributed by atoms with Gasteiger partial charge in [0.1, 0.15) is 12.7 Å². The maximum Gasteiger partial charge on any atom is 0.472 e. The number of phosphoric ester groups is 1. The number of hydrogen-bond donors (Lipinski definition) is 4. The highest BCUT2D eigenvalue weighted by Crippen LogP contribution is 2.43. The number of aliphatic hydroxyl groups is 3. The molecule has 0 saturated carbocycles. The summed E-state index contributed by atoms with van der Waals surface area (Å²) in [7, 11) is -4.64. The van der Waals surface area contributed by atoms with E-state index >= 15 is 0 Å². The molecule has 0 spiro atoms. The summed E-state index contributed by atoms with van der Waals surface area (Å²) in [5.41, 5.74) is 0. The standard InChI is InChI=1S/C39H67O11P/c1-4-6-7-8-16-21-26-35(41)27-22-17-11-9-10-12-18-23-28-38(43)47-32-37(33-49-51(45,46)48-31-36(42)30-40)50-39(44)29-24-19-14-13-15-20-25-34(3)5-2/h6-7,10-12,16-17,21-22,27,34-37,40-42H,4-5,8-9,13-15,18-20,23-26,28-33H2,1-3H3,(H,45,46)/b7-6-,12-10-,17-11-,21-16-,27-22+/t34?,35?,36-,37+/m0/s1. The summed E-state index contributed by atoms with van der Waals surface area (Å²) in [5.74, 6) is -0.291. The van der Waals surface area contributed by atoms with Crippen LogP contribution in [0, 0.1) is 5.92 Å². The molecular weight excluding hydrogens is 675 g/mol. The third-order valence-electron chi connectivity index (χ3n) is 7.81. The van der Waals surface area contributed by atoms with Crippen molar-refractivity contribution in [1.29, 1.82) is 0 Å². The fourth-order valence-corrected chi connectivity index (χ4v) is 5.29. The zero-order chi connectivity index (χ0) is 38.0. The molecule has 0 bridgehead atoms. The van der Waals surface area contributed by atoms with E-state index in [0.29, 0.717) is 32.1 Å². The smallest absolute Gasteiger partial charge is 0.462 e. The number of ether oxygens (including phenoxy) is 2. The molecule has 5 atom stereocenters. The molecule has 0 aliphatic carbocycles. The molecule has 0 aliphatic rings. The topological polar surface area (TPSA) is 169 Å². The average Bonchev–Trinajstić information content (AvgIpc) is 3.11. The molecule has 11 nitrogen and oxygen atoms in total. The van der Waals surface area contributed by atoms with Gasteiger partial charge >= 0.3 is 19.8 Å². The monoisotopic (exact) mass is 742 g/mol. The van der Waals surface area contributed by atoms with Crippen LogP contribution in [0.1, 0.15) is 124 Å². The van der Waals surface area contributed by atoms with Gasteiger partial charge in [0.2, 0.25) is 0 Å². The Kier molecular flexibility index (Phi) is 31.9. The molecule has 12 heteroatoms. The maximum atomic E-state index is 12.5. The van der Waals surface area contributed by atoms with Crippen LogP contribution in [0.3, 0.4) is 0 Å². The minimum atomic E-state index is -4.64. The second kappa shape index (κ2) is 33.5. The Morgan fingerprint density at radius 3 is 2.12 bits per heavy atom. The number of aliphatic hydroxyl groups excluding tert-OH is 3. The first-order chi connectivity index (χ1) is 24.5. The van der Waals surface area contributed by atoms with Crippen molar-refractivity contribution in [3.05, 3.63) is 60.8 Å². The van der Waals surface area contributed by atoms with Crippen LogP contribution in [0.25, 0.3) is 0 Å². The Hall–Kier alpha value is -2.37. The molecule has 3 unspecified atom stereocenters. The van der Waals surface area contributed by atoms with E-state index in [4.69, 9.17) is 19.1 Å². The van der Waals surface area contributed by atoms with Gasteiger partial charge in [0.15, 0.2) is 6.10 Å². The predicted octanol–water partition coefficient (Wildman–Crippen LogP) is 7.99. The summed E-state index contributed by atoms with van der Waals surface area (Å²) in [4.78, 5) is 34.8. The van der Waals surface area contributed by atoms with Crippen molar-refractivity contribution in [3.63, 3.8) is 0 Å². The summed E-state index contributed by atoms with van der Waals surface area (Å²) in [6.07, 6.45) is 29.7. The zero-order valence-corrected chi connectivity index (χ0v) is 32.2. The Balaban J connectivity index is 4.55. The number of rotatable bonds is 33. The number of carbonyl (C=O) groups excluding carboxylic acids is 2. The first-order valence-corrected chi connectivity index (χ1v) is 20.2. The van der Waals surface area contributed by atoms with E-state index in [0.717, 1.165) is 38.0 Å². The minimum absolute atomic E-state index is 0.129. The fourth-order valence-electron chi connectivity index (χ4n) is 4.50. The molecule has 4 N–H and O–H groups in total. The first-order valence-electron chi connectivity index (χ1n) is 18.7. The Morgan fingerprint density at radius 1 is 0.745 bits per heavy atom. The third-order valence-corrected chi connectivity index (χ3v) is 8.76. The molecule has 0 aromatic carbocycles. The molecule has 0 fully saturated rings. The van der Waals surface area contributed by atoms with Crippen molar-refractivity contribution in [1.82, 2.24) is 0 Å². The van der Waals surface area contributed by atoms with E-state index in [-0.39, 0.29) is 19.4 Å². The Bertz CT molecular complexity index is 1070. The van der Waals surface area contributed by atoms with Gasteiger partial charge in [0, 0.05) is 12.8 Å². The van der Waals surface area contributed by atoms with Gasteiger partial charge in [-0.3, -0.25) is 18.6 Å². The number of allylic oxidation sites excluding steroid dienone is 8. The molecule has 0 aromatic heterocycles. The predicted molar refractivity (Wildman–Crippen MR) is 202 cm³/mol. The number of hydrogen-bond acceptors (Lipinski definition) is 10. The van der Waals surface area contributed by atoms with Gasteiger partial charge in [0.25, 0.3) is 0 Å². The summed E-state index contributed by atoms with van der Waals surface area (Å²) >= 11 is 0. The van der Waals surface area contributed by atoms with Gasteiger partial charge in [-0.25, -0.2) is 4.57 Å². The molecule has 0 radical (unpaired) electrons. The zero-order valence-electron chi connectivity index (χ0n) is 31.3. The summed E-state index contributed by atoms with van der Waals surface area (Å²) in [6.45, 7) is 4.32. The second-order valence-corrected chi connectivity index (χ2v) is 14.1. The lowest BCUT2D eigenvalue weighted by atomic mass is 10.00. The van der Waals surface area contributed by atoms with Gasteiger partial charge in [-0.05, 0) is 50.9 Å². The molecule has 51 heavy (non-hydrogen) atoms. The highest BCUT2D eigenvalue weighted by atomic mass is 31.2. The van der Waals surface area contributed by atoms with E-state index in [2.05, 4.69) is 37.4 Å². The Labute approximate surface area is 307 Å². The number of unbranched alkanes of at least 4 members (excludes halogenated alkanes) is 6. The van der Waals surface area contributed by atoms with Crippen LogP contribution in [0.4, 0.5) is 0 Å². The molecular formula is C39H67O11P. The summed E-state index contributed by atoms with van der Waals surface area (Å²) < 4.78 is 32.4. The molecule has 0 amide bonds. The van der Waals surface area contributed by atoms with Crippen LogP contribution in [-0.2, 0) is 32.7 Å². The highest BCUT2D eigenvalue weighted by molar-refractivity contribution is 7.47. The molecule has 0 rings (SSSR count). The highest BCUT2D eigenvalue weighted by Gasteiger charge is 2.27. The quantitative estimate of drug-likeness (QED) is 0.0169. The van der Waals surface area contributed by atoms with Gasteiger partial charge < -0.3 is 29.7 Å². The van der Waals surface area contributed by atoms with Crippen molar-refractivity contribution in [2.45, 2.75) is 142 Å². The Morgan fingerprint density at radius 2 is 1.39 bits per heavy atom. The SMILES string of the molecule is CC/C=C\C/C=C\CC(O)/C=C/C=C\C/C=C\CCCC(=O)OC[C@H](COP(=O)(O)OC[C@@H](O)CO)OC(=O)CCCCCCCCC(C)CC. The van der Waals surface area contributed by atoms with Crippen LogP contribution < -0.4 is 0 Å². The van der Waals surface area contributed by atoms with Gasteiger partial charge in [-0.2, -0.15) is 0 Å². The van der Waals surface area contributed by atoms with Crippen LogP contribution in [-0.4, -0.2) is 76.9 Å². The van der Waals surface area contributed by atoms with Crippen LogP contribution in [0.5, 0.6) is 0 Å². The minimum Gasteiger partial charge on any atom is -0.462 e. The van der Waals surface area contributed by atoms with Crippen molar-refractivity contribution in [2.75, 3.05) is 26.4 Å². The van der Waals surface area contributed by atoms with Gasteiger partial charge in [-0.15, -0.1) is 0 Å². The number of esters is 2. The van der Waals surface area contributed by atoms with Crippen molar-refractivity contribution >= 4 is 19.8 Å². The molecule has 0 heterocycles. The van der Waals surface area contributed by atoms with Crippen molar-refractivity contribution in [3.8, 4) is 0 Å². The summed E-state index contributed by atoms with van der Waals surface area (Å²) in [5, 5.41) is 28.2. The third kappa shape index (κ3) is 33.2. The molecule has 0 aliphatic heterocycles. The van der Waals surface area contributed by atoms with Gasteiger partial charge in [0.05, 0.1) is 25.9 Å². The van der Waals surface area contributed by atoms with Crippen molar-refractivity contribution < 1.29 is 52.9 Å². The van der Waals surface area contributed by atoms with E-state index in [1.54, 1.807) is 6.08 Å². The van der Waals surface area contributed by atoms with Crippen molar-refractivity contribution in [2.24, 2.45) is 5.92 Å². The van der Waals surface area contributed by atoms with Crippen LogP contribution >= 0.6 is 7.82 Å². The molecule has 294 valence electrons. The molecule has 0 aromatic rings. The normalized spacial score (nSPS) is 16.0. The summed E-state index contributed by atoms with van der Waals surface area (Å²) in [6, 6.07) is 0. The van der Waals surface area contributed by atoms with Gasteiger partial charge in [-0.1, -0.05) is 126 Å². The second-order valence-electron chi connectivity index (χ2n) is 12.7. The van der Waals surface area contributed by atoms with E-state index in [1.165, 1.54) is 25.7 Å². The maximum absolute atomic E-state index is 12.5. The van der Waals surface area contributed by atoms with Crippen LogP contribution in [0.2, 0.25) is 0 Å². The fraction of sp³-hybridized carbons (Fsp3) is 0.692. The lowest BCUT2D eigenvalue weighted by Gasteiger charge is -2.20. The number of phosphoric acid groups is 1. The van der Waals surface area contributed by atoms with E-state index in [9.17, 15) is 29.3 Å². The molecule has 0 saturated heterocycles.